The van der Waals surface area contributed by atoms with Crippen LogP contribution in [0.25, 0.3) is 39.9 Å². The van der Waals surface area contributed by atoms with E-state index in [0.717, 1.165) is 18.6 Å². The lowest BCUT2D eigenvalue weighted by molar-refractivity contribution is 0.617. The van der Waals surface area contributed by atoms with E-state index in [1.54, 1.807) is 18.2 Å². The highest BCUT2D eigenvalue weighted by Crippen LogP contribution is 2.27. The van der Waals surface area contributed by atoms with Crippen molar-refractivity contribution in [3.05, 3.63) is 136 Å². The summed E-state index contributed by atoms with van der Waals surface area (Å²) in [7, 11) is 0. The summed E-state index contributed by atoms with van der Waals surface area (Å²) in [6.07, 6.45) is 11.3. The first kappa shape index (κ1) is 26.2. The van der Waals surface area contributed by atoms with Gasteiger partial charge in [-0.05, 0) is 71.3 Å². The van der Waals surface area contributed by atoms with Crippen LogP contribution in [0.5, 0.6) is 0 Å². The third kappa shape index (κ3) is 6.11. The predicted molar refractivity (Wildman–Crippen MR) is 140 cm³/mol. The van der Waals surface area contributed by atoms with Crippen LogP contribution in [-0.4, -0.2) is 15.0 Å². The van der Waals surface area contributed by atoms with Crippen molar-refractivity contribution < 1.29 is 13.2 Å². The first-order valence-corrected chi connectivity index (χ1v) is 11.2. The van der Waals surface area contributed by atoms with E-state index < -0.39 is 17.5 Å². The van der Waals surface area contributed by atoms with Gasteiger partial charge in [0.05, 0.1) is 48.4 Å². The summed E-state index contributed by atoms with van der Waals surface area (Å²) in [6, 6.07) is 12.8. The molecule has 0 bridgehead atoms. The maximum Gasteiger partial charge on any atom is 0.197 e. The number of nitrogens with zero attached hydrogens (tertiary/aromatic N) is 6. The van der Waals surface area contributed by atoms with Crippen molar-refractivity contribution in [2.75, 3.05) is 0 Å². The topological polar surface area (TPSA) is 90.6 Å². The highest BCUT2D eigenvalue weighted by atomic mass is 19.1. The number of aromatic nitrogens is 3. The smallest absolute Gasteiger partial charge is 0.197 e. The van der Waals surface area contributed by atoms with Crippen LogP contribution in [0.15, 0.2) is 73.6 Å². The van der Waals surface area contributed by atoms with E-state index in [-0.39, 0.29) is 33.5 Å². The van der Waals surface area contributed by atoms with Gasteiger partial charge in [0.2, 0.25) is 0 Å². The normalized spacial score (nSPS) is 11.8. The van der Waals surface area contributed by atoms with Crippen molar-refractivity contribution in [1.82, 2.24) is 15.0 Å². The van der Waals surface area contributed by atoms with Crippen molar-refractivity contribution in [3.63, 3.8) is 0 Å². The van der Waals surface area contributed by atoms with Crippen LogP contribution in [0.3, 0.4) is 0 Å². The number of allylic oxidation sites excluding steroid dienone is 2. The van der Waals surface area contributed by atoms with Gasteiger partial charge in [-0.25, -0.2) is 18.0 Å². The number of hydrogen-bond acceptors (Lipinski definition) is 5. The van der Waals surface area contributed by atoms with Crippen LogP contribution in [0.2, 0.25) is 0 Å². The third-order valence-corrected chi connectivity index (χ3v) is 5.46. The van der Waals surface area contributed by atoms with Crippen LogP contribution < -0.4 is 0 Å². The van der Waals surface area contributed by atoms with E-state index in [2.05, 4.69) is 19.8 Å². The van der Waals surface area contributed by atoms with Crippen LogP contribution in [0, 0.1) is 46.7 Å². The molecule has 0 aliphatic carbocycles. The van der Waals surface area contributed by atoms with Gasteiger partial charge < -0.3 is 0 Å². The monoisotopic (exact) mass is 516 g/mol. The van der Waals surface area contributed by atoms with Crippen LogP contribution >= 0.6 is 0 Å². The molecule has 0 aliphatic rings. The second-order valence-electron chi connectivity index (χ2n) is 7.98. The standard InChI is InChI=1S/C30H15F3N6/c1-36-30(26-4-7-39-18-29(26)33)13-21-9-19(11-22(14-34)24-2-5-37-16-27(24)31)8-20(10-21)12-23(15-35)25-3-6-38-17-28(25)32/h2-13,16-18H/b22-11+,23-12+,30-13-. The Morgan fingerprint density at radius 2 is 1.05 bits per heavy atom. The molecule has 0 saturated carbocycles. The summed E-state index contributed by atoms with van der Waals surface area (Å²) in [5, 5.41) is 19.4. The van der Waals surface area contributed by atoms with Crippen molar-refractivity contribution in [2.45, 2.75) is 0 Å². The second-order valence-corrected chi connectivity index (χ2v) is 7.98. The van der Waals surface area contributed by atoms with Gasteiger partial charge in [-0.2, -0.15) is 10.5 Å². The number of rotatable bonds is 6. The third-order valence-electron chi connectivity index (χ3n) is 5.46. The summed E-state index contributed by atoms with van der Waals surface area (Å²) in [5.41, 5.74) is 1.31. The van der Waals surface area contributed by atoms with Crippen LogP contribution in [0.1, 0.15) is 33.4 Å². The lowest BCUT2D eigenvalue weighted by atomic mass is 9.97. The number of nitriles is 2. The molecule has 1 aromatic carbocycles. The maximum absolute atomic E-state index is 14.4. The molecule has 0 N–H and O–H groups in total. The first-order chi connectivity index (χ1) is 18.9. The van der Waals surface area contributed by atoms with Gasteiger partial charge >= 0.3 is 0 Å². The van der Waals surface area contributed by atoms with Gasteiger partial charge in [0.15, 0.2) is 5.70 Å². The Bertz CT molecular complexity index is 1570. The second kappa shape index (κ2) is 11.9. The Kier molecular flexibility index (Phi) is 8.02. The summed E-state index contributed by atoms with van der Waals surface area (Å²) >= 11 is 0. The Morgan fingerprint density at radius 3 is 1.41 bits per heavy atom. The molecule has 0 radical (unpaired) electrons. The number of pyridine rings is 3. The maximum atomic E-state index is 14.4. The van der Waals surface area contributed by atoms with E-state index in [1.165, 1.54) is 55.0 Å². The predicted octanol–water partition coefficient (Wildman–Crippen LogP) is 6.83. The van der Waals surface area contributed by atoms with Crippen molar-refractivity contribution >= 4 is 35.1 Å². The summed E-state index contributed by atoms with van der Waals surface area (Å²) in [4.78, 5) is 14.5. The van der Waals surface area contributed by atoms with E-state index >= 15 is 0 Å². The highest BCUT2D eigenvalue weighted by molar-refractivity contribution is 5.94. The molecule has 3 heterocycles. The fourth-order valence-electron chi connectivity index (χ4n) is 3.72. The fraction of sp³-hybridized carbons (Fsp3) is 0. The van der Waals surface area contributed by atoms with Gasteiger partial charge in [-0.15, -0.1) is 0 Å². The summed E-state index contributed by atoms with van der Waals surface area (Å²) in [6.45, 7) is 7.57. The van der Waals surface area contributed by atoms with Crippen LogP contribution in [0.4, 0.5) is 13.2 Å². The van der Waals surface area contributed by atoms with Crippen molar-refractivity contribution in [2.24, 2.45) is 0 Å². The van der Waals surface area contributed by atoms with Gasteiger partial charge in [0, 0.05) is 35.3 Å². The Morgan fingerprint density at radius 1 is 0.667 bits per heavy atom. The average molecular weight is 516 g/mol. The highest BCUT2D eigenvalue weighted by Gasteiger charge is 2.12. The molecule has 0 unspecified atom stereocenters. The van der Waals surface area contributed by atoms with Gasteiger partial charge in [-0.1, -0.05) is 0 Å². The van der Waals surface area contributed by atoms with Gasteiger partial charge in [0.1, 0.15) is 17.5 Å². The molecule has 0 atom stereocenters. The SMILES string of the molecule is [C-]#[N+]/C(=C\c1cc(/C=C(\C#N)c2ccncc2F)cc(/C=C(\C#N)c2ccncc2F)c1)c1ccncc1F. The van der Waals surface area contributed by atoms with E-state index in [4.69, 9.17) is 6.57 Å². The molecular weight excluding hydrogens is 501 g/mol. The van der Waals surface area contributed by atoms with Gasteiger partial charge in [0.25, 0.3) is 0 Å². The molecule has 3 aromatic heterocycles. The Labute approximate surface area is 221 Å². The minimum absolute atomic E-state index is 0.00257. The van der Waals surface area contributed by atoms with E-state index in [1.807, 2.05) is 12.1 Å². The molecule has 6 nitrogen and oxygen atoms in total. The molecule has 0 amide bonds. The first-order valence-electron chi connectivity index (χ1n) is 11.2. The molecule has 0 spiro atoms. The van der Waals surface area contributed by atoms with E-state index in [0.29, 0.717) is 16.7 Å². The molecule has 0 saturated heterocycles. The largest absolute Gasteiger partial charge is 0.262 e. The molecule has 0 aliphatic heterocycles. The number of halogens is 3. The fourth-order valence-corrected chi connectivity index (χ4v) is 3.72. The molecule has 9 heteroatoms. The molecule has 0 fully saturated rings. The van der Waals surface area contributed by atoms with Crippen LogP contribution in [-0.2, 0) is 0 Å². The Hall–Kier alpha value is -5.85. The Balaban J connectivity index is 1.93. The van der Waals surface area contributed by atoms with Crippen molar-refractivity contribution in [3.8, 4) is 12.1 Å². The van der Waals surface area contributed by atoms with E-state index in [9.17, 15) is 23.7 Å². The molecular formula is C30H15F3N6. The summed E-state index contributed by atoms with van der Waals surface area (Å²) < 4.78 is 43.1. The van der Waals surface area contributed by atoms with Gasteiger partial charge in [-0.3, -0.25) is 15.0 Å². The molecule has 186 valence electrons. The number of benzene rings is 1. The number of hydrogen-bond donors (Lipinski definition) is 0. The molecule has 39 heavy (non-hydrogen) atoms. The minimum atomic E-state index is -0.690. The summed E-state index contributed by atoms with van der Waals surface area (Å²) in [5.74, 6) is -2.06. The zero-order valence-corrected chi connectivity index (χ0v) is 20.0. The lowest BCUT2D eigenvalue weighted by Gasteiger charge is -2.07. The zero-order valence-electron chi connectivity index (χ0n) is 20.0. The van der Waals surface area contributed by atoms with Crippen molar-refractivity contribution in [1.29, 1.82) is 10.5 Å². The zero-order chi connectivity index (χ0) is 27.8. The minimum Gasteiger partial charge on any atom is -0.262 e. The quantitative estimate of drug-likeness (QED) is 0.207. The lowest BCUT2D eigenvalue weighted by Crippen LogP contribution is -1.92. The average Bonchev–Trinajstić information content (AvgIpc) is 2.94. The molecule has 4 rings (SSSR count). The molecule has 4 aromatic rings.